The third-order valence-corrected chi connectivity index (χ3v) is 4.92. The molecule has 138 valence electrons. The van der Waals surface area contributed by atoms with Gasteiger partial charge in [0.25, 0.3) is 5.56 Å². The van der Waals surface area contributed by atoms with Gasteiger partial charge in [0.2, 0.25) is 5.75 Å². The number of halogens is 1. The molecular formula is C19H21FN2O4. The molecule has 1 aliphatic rings. The number of rotatable bonds is 7. The van der Waals surface area contributed by atoms with Gasteiger partial charge in [0.05, 0.1) is 12.3 Å². The molecule has 2 aromatic rings. The first kappa shape index (κ1) is 18.3. The molecule has 0 radical (unpaired) electrons. The van der Waals surface area contributed by atoms with Crippen LogP contribution in [0.1, 0.15) is 23.5 Å². The van der Waals surface area contributed by atoms with E-state index >= 15 is 0 Å². The van der Waals surface area contributed by atoms with E-state index in [0.29, 0.717) is 23.5 Å². The normalized spacial score (nSPS) is 21.5. The lowest BCUT2D eigenvalue weighted by Gasteiger charge is -2.19. The van der Waals surface area contributed by atoms with Gasteiger partial charge in [0.15, 0.2) is 0 Å². The van der Waals surface area contributed by atoms with Gasteiger partial charge in [-0.25, -0.2) is 9.37 Å². The first-order chi connectivity index (χ1) is 12.4. The minimum atomic E-state index is -0.611. The lowest BCUT2D eigenvalue weighted by atomic mass is 9.94. The summed E-state index contributed by atoms with van der Waals surface area (Å²) in [5.41, 5.74) is 0.219. The third kappa shape index (κ3) is 3.14. The van der Waals surface area contributed by atoms with Gasteiger partial charge >= 0.3 is 0 Å². The number of methoxy groups -OCH3 is 1. The molecule has 0 saturated heterocycles. The van der Waals surface area contributed by atoms with Crippen molar-refractivity contribution in [2.24, 2.45) is 5.92 Å². The molecule has 6 nitrogen and oxygen atoms in total. The highest BCUT2D eigenvalue weighted by Crippen LogP contribution is 2.53. The second-order valence-electron chi connectivity index (χ2n) is 6.63. The predicted octanol–water partition coefficient (Wildman–Crippen LogP) is 2.14. The van der Waals surface area contributed by atoms with Crippen molar-refractivity contribution < 1.29 is 18.7 Å². The average molecular weight is 360 g/mol. The summed E-state index contributed by atoms with van der Waals surface area (Å²) in [6.45, 7) is 3.59. The number of carbonyl (C=O) groups excluding carboxylic acids is 1. The number of nitrogens with zero attached hydrogens (tertiary/aromatic N) is 2. The fourth-order valence-electron chi connectivity index (χ4n) is 3.32. The van der Waals surface area contributed by atoms with E-state index in [1.807, 2.05) is 0 Å². The average Bonchev–Trinajstić information content (AvgIpc) is 3.33. The Balaban J connectivity index is 1.91. The lowest BCUT2D eigenvalue weighted by Crippen LogP contribution is -2.30. The molecule has 1 aromatic heterocycles. The Kier molecular flexibility index (Phi) is 4.91. The molecule has 0 spiro atoms. The van der Waals surface area contributed by atoms with Crippen LogP contribution < -0.4 is 10.3 Å². The fraction of sp³-hybridized carbons (Fsp3) is 0.421. The van der Waals surface area contributed by atoms with Crippen LogP contribution in [0.5, 0.6) is 5.75 Å². The van der Waals surface area contributed by atoms with Crippen LogP contribution in [0.2, 0.25) is 0 Å². The molecule has 1 aliphatic carbocycles. The lowest BCUT2D eigenvalue weighted by molar-refractivity contribution is -0.109. The summed E-state index contributed by atoms with van der Waals surface area (Å²) in [6, 6.07) is 6.15. The summed E-state index contributed by atoms with van der Waals surface area (Å²) < 4.78 is 25.9. The molecule has 0 unspecified atom stereocenters. The summed E-state index contributed by atoms with van der Waals surface area (Å²) in [7, 11) is 1.49. The van der Waals surface area contributed by atoms with E-state index in [-0.39, 0.29) is 36.4 Å². The van der Waals surface area contributed by atoms with E-state index < -0.39 is 5.41 Å². The Hall–Kier alpha value is -2.54. The molecule has 2 atom stereocenters. The quantitative estimate of drug-likeness (QED) is 0.708. The number of aryl methyl sites for hydroxylation is 2. The minimum Gasteiger partial charge on any atom is -0.486 e. The predicted molar refractivity (Wildman–Crippen MR) is 92.7 cm³/mol. The smallest absolute Gasteiger partial charge is 0.298 e. The molecule has 1 aromatic carbocycles. The SMILES string of the molecule is COCn1c(C)nc(C)c(OC[C@@]2(c3cccc(F)c3)C[C@H]2C=O)c1=O. The minimum absolute atomic E-state index is 0.0698. The van der Waals surface area contributed by atoms with E-state index in [1.54, 1.807) is 26.0 Å². The van der Waals surface area contributed by atoms with Gasteiger partial charge in [0.1, 0.15) is 24.7 Å². The first-order valence-corrected chi connectivity index (χ1v) is 8.34. The van der Waals surface area contributed by atoms with Crippen molar-refractivity contribution in [1.82, 2.24) is 9.55 Å². The van der Waals surface area contributed by atoms with Crippen molar-refractivity contribution in [2.75, 3.05) is 13.7 Å². The molecule has 7 heteroatoms. The van der Waals surface area contributed by atoms with Crippen molar-refractivity contribution in [3.05, 3.63) is 57.5 Å². The van der Waals surface area contributed by atoms with Crippen LogP contribution in [0.3, 0.4) is 0 Å². The largest absolute Gasteiger partial charge is 0.486 e. The first-order valence-electron chi connectivity index (χ1n) is 8.34. The van der Waals surface area contributed by atoms with Gasteiger partial charge in [-0.15, -0.1) is 0 Å². The van der Waals surface area contributed by atoms with Crippen LogP contribution in [-0.2, 0) is 21.7 Å². The van der Waals surface area contributed by atoms with E-state index in [2.05, 4.69) is 4.98 Å². The van der Waals surface area contributed by atoms with E-state index in [1.165, 1.54) is 23.8 Å². The molecule has 0 aliphatic heterocycles. The summed E-state index contributed by atoms with van der Waals surface area (Å²) in [5.74, 6) is 0.0250. The Morgan fingerprint density at radius 2 is 2.19 bits per heavy atom. The number of aromatic nitrogens is 2. The van der Waals surface area contributed by atoms with Crippen LogP contribution in [0.4, 0.5) is 4.39 Å². The zero-order valence-electron chi connectivity index (χ0n) is 15.0. The number of benzene rings is 1. The topological polar surface area (TPSA) is 70.4 Å². The summed E-state index contributed by atoms with van der Waals surface area (Å²) in [6.07, 6.45) is 1.42. The van der Waals surface area contributed by atoms with Crippen LogP contribution in [0, 0.1) is 25.6 Å². The summed E-state index contributed by atoms with van der Waals surface area (Å²) in [5, 5.41) is 0. The zero-order chi connectivity index (χ0) is 18.9. The fourth-order valence-corrected chi connectivity index (χ4v) is 3.32. The van der Waals surface area contributed by atoms with Gasteiger partial charge in [-0.3, -0.25) is 9.36 Å². The Morgan fingerprint density at radius 3 is 2.81 bits per heavy atom. The zero-order valence-corrected chi connectivity index (χ0v) is 15.0. The third-order valence-electron chi connectivity index (χ3n) is 4.92. The number of hydrogen-bond acceptors (Lipinski definition) is 5. The van der Waals surface area contributed by atoms with Gasteiger partial charge in [-0.05, 0) is 38.0 Å². The molecule has 1 heterocycles. The van der Waals surface area contributed by atoms with Crippen molar-refractivity contribution in [2.45, 2.75) is 32.4 Å². The molecule has 1 fully saturated rings. The highest BCUT2D eigenvalue weighted by atomic mass is 19.1. The van der Waals surface area contributed by atoms with Crippen molar-refractivity contribution in [1.29, 1.82) is 0 Å². The Labute approximate surface area is 150 Å². The Bertz CT molecular complexity index is 896. The van der Waals surface area contributed by atoms with Gasteiger partial charge < -0.3 is 14.3 Å². The molecule has 0 amide bonds. The second-order valence-corrected chi connectivity index (χ2v) is 6.63. The van der Waals surface area contributed by atoms with Gasteiger partial charge in [-0.2, -0.15) is 0 Å². The number of hydrogen-bond donors (Lipinski definition) is 0. The standard InChI is InChI=1S/C19H21FN2O4/c1-12-17(18(24)22(11-25-3)13(2)21-12)26-10-19(8-15(19)9-23)14-5-4-6-16(20)7-14/h4-7,9,15H,8,10-11H2,1-3H3/t15-,19+/m0/s1. The number of ether oxygens (including phenoxy) is 2. The maximum absolute atomic E-state index is 13.6. The van der Waals surface area contributed by atoms with Gasteiger partial charge in [-0.1, -0.05) is 12.1 Å². The van der Waals surface area contributed by atoms with Crippen LogP contribution in [0.15, 0.2) is 29.1 Å². The maximum atomic E-state index is 13.6. The summed E-state index contributed by atoms with van der Waals surface area (Å²) >= 11 is 0. The van der Waals surface area contributed by atoms with Crippen molar-refractivity contribution in [3.8, 4) is 5.75 Å². The Morgan fingerprint density at radius 1 is 1.42 bits per heavy atom. The molecular weight excluding hydrogens is 339 g/mol. The highest BCUT2D eigenvalue weighted by Gasteiger charge is 2.56. The summed E-state index contributed by atoms with van der Waals surface area (Å²) in [4.78, 5) is 28.3. The molecule has 0 N–H and O–H groups in total. The van der Waals surface area contributed by atoms with E-state index in [4.69, 9.17) is 9.47 Å². The second kappa shape index (κ2) is 6.99. The van der Waals surface area contributed by atoms with E-state index in [0.717, 1.165) is 6.29 Å². The van der Waals surface area contributed by atoms with Crippen LogP contribution in [-0.4, -0.2) is 29.6 Å². The molecule has 26 heavy (non-hydrogen) atoms. The van der Waals surface area contributed by atoms with Crippen LogP contribution in [0.25, 0.3) is 0 Å². The van der Waals surface area contributed by atoms with Crippen molar-refractivity contribution >= 4 is 6.29 Å². The highest BCUT2D eigenvalue weighted by molar-refractivity contribution is 5.64. The van der Waals surface area contributed by atoms with Crippen LogP contribution >= 0.6 is 0 Å². The number of aldehydes is 1. The van der Waals surface area contributed by atoms with E-state index in [9.17, 15) is 14.0 Å². The molecule has 3 rings (SSSR count). The van der Waals surface area contributed by atoms with Gasteiger partial charge in [0, 0.05) is 18.4 Å². The molecule has 1 saturated carbocycles. The number of carbonyl (C=O) groups is 1. The van der Waals surface area contributed by atoms with Crippen molar-refractivity contribution in [3.63, 3.8) is 0 Å². The molecule has 0 bridgehead atoms. The maximum Gasteiger partial charge on any atom is 0.298 e. The monoisotopic (exact) mass is 360 g/mol.